The number of nitrogens with one attached hydrogen (secondary N) is 1. The zero-order valence-corrected chi connectivity index (χ0v) is 12.1. The highest BCUT2D eigenvalue weighted by Crippen LogP contribution is 2.45. The summed E-state index contributed by atoms with van der Waals surface area (Å²) >= 11 is 0. The lowest BCUT2D eigenvalue weighted by Crippen LogP contribution is -2.22. The van der Waals surface area contributed by atoms with Crippen molar-refractivity contribution >= 4 is 16.1 Å². The molecule has 0 aliphatic carbocycles. The maximum atomic E-state index is 12.5. The van der Waals surface area contributed by atoms with E-state index < -0.39 is 63.4 Å². The van der Waals surface area contributed by atoms with Gasteiger partial charge in [-0.15, -0.1) is 0 Å². The zero-order chi connectivity index (χ0) is 20.4. The van der Waals surface area contributed by atoms with Crippen molar-refractivity contribution in [2.45, 2.75) is 18.5 Å². The van der Waals surface area contributed by atoms with Gasteiger partial charge in [0.1, 0.15) is 0 Å². The normalized spacial score (nSPS) is 13.1. The number of benzene rings is 1. The topological polar surface area (TPSA) is 113 Å². The second-order valence-electron chi connectivity index (χ2n) is 4.03. The van der Waals surface area contributed by atoms with Gasteiger partial charge >= 0.3 is 28.9 Å². The minimum Gasteiger partial charge on any atom is -0.323 e. The maximum absolute atomic E-state index is 12.5. The number of nitrogen functional groups attached to an aromatic ring is 1. The molecule has 0 aliphatic heterocycles. The van der Waals surface area contributed by atoms with Gasteiger partial charge in [0.2, 0.25) is 0 Å². The molecule has 0 unspecified atom stereocenters. The van der Waals surface area contributed by atoms with Gasteiger partial charge in [0.25, 0.3) is 0 Å². The second kappa shape index (κ2) is 7.22. The van der Waals surface area contributed by atoms with Crippen molar-refractivity contribution < 1.29 is 57.0 Å². The Morgan fingerprint density at radius 3 is 1.24 bits per heavy atom. The van der Waals surface area contributed by atoms with Gasteiger partial charge < -0.3 is 5.43 Å². The summed E-state index contributed by atoms with van der Waals surface area (Å²) in [6.07, 6.45) is -16.3. The van der Waals surface area contributed by atoms with Crippen LogP contribution in [0.2, 0.25) is 0 Å². The van der Waals surface area contributed by atoms with E-state index in [2.05, 4.69) is 5.84 Å². The number of alkyl halides is 9. The molecule has 1 aromatic rings. The van der Waals surface area contributed by atoms with Crippen molar-refractivity contribution in [2.75, 3.05) is 5.43 Å². The maximum Gasteiger partial charge on any atom is 0.418 e. The lowest BCUT2D eigenvalue weighted by Gasteiger charge is -2.20. The Hall–Kier alpha value is -1.78. The Balaban J connectivity index is 0.00000101. The van der Waals surface area contributed by atoms with Crippen molar-refractivity contribution in [2.24, 2.45) is 5.84 Å². The highest BCUT2D eigenvalue weighted by molar-refractivity contribution is 7.79. The smallest absolute Gasteiger partial charge is 0.323 e. The number of hydrogen-bond acceptors (Lipinski definition) is 4. The summed E-state index contributed by atoms with van der Waals surface area (Å²) in [4.78, 5) is 0. The van der Waals surface area contributed by atoms with Crippen molar-refractivity contribution in [3.63, 3.8) is 0 Å². The largest absolute Gasteiger partial charge is 0.418 e. The van der Waals surface area contributed by atoms with Crippen LogP contribution in [0, 0.1) is 0 Å². The highest BCUT2D eigenvalue weighted by Gasteiger charge is 2.44. The average molecular weight is 410 g/mol. The van der Waals surface area contributed by atoms with Gasteiger partial charge in [-0.1, -0.05) is 0 Å². The third-order valence-corrected chi connectivity index (χ3v) is 2.22. The van der Waals surface area contributed by atoms with E-state index in [4.69, 9.17) is 17.5 Å². The molecule has 16 heteroatoms. The standard InChI is InChI=1S/C9H5F9N2.H2O4S/c10-7(11,12)3-1-4(8(13,14)15)6(20-19)5(2-3)9(16,17)18;1-5(2,3)4/h1-2,20H,19H2;(H2,1,2,3,4). The van der Waals surface area contributed by atoms with E-state index in [1.165, 1.54) is 0 Å². The molecule has 0 fully saturated rings. The van der Waals surface area contributed by atoms with Crippen molar-refractivity contribution in [1.82, 2.24) is 0 Å². The summed E-state index contributed by atoms with van der Waals surface area (Å²) in [5.74, 6) is 4.57. The van der Waals surface area contributed by atoms with Crippen LogP contribution in [0.15, 0.2) is 12.1 Å². The van der Waals surface area contributed by atoms with Crippen LogP contribution in [0.4, 0.5) is 45.2 Å². The molecular formula is C9H7F9N2O4S. The zero-order valence-electron chi connectivity index (χ0n) is 11.3. The number of nitrogens with two attached hydrogens (primary N) is 1. The first kappa shape index (κ1) is 23.2. The molecule has 0 amide bonds. The molecule has 0 atom stereocenters. The molecule has 0 saturated carbocycles. The van der Waals surface area contributed by atoms with Gasteiger partial charge in [-0.05, 0) is 12.1 Å². The predicted octanol–water partition coefficient (Wildman–Crippen LogP) is 3.38. The number of hydrazine groups is 1. The molecule has 5 N–H and O–H groups in total. The summed E-state index contributed by atoms with van der Waals surface area (Å²) in [5, 5.41) is 0. The quantitative estimate of drug-likeness (QED) is 0.244. The molecular weight excluding hydrogens is 403 g/mol. The molecule has 1 aromatic carbocycles. The van der Waals surface area contributed by atoms with E-state index in [1.807, 2.05) is 0 Å². The molecule has 0 aromatic heterocycles. The molecule has 146 valence electrons. The Morgan fingerprint density at radius 1 is 0.800 bits per heavy atom. The summed E-state index contributed by atoms with van der Waals surface area (Å²) in [5.41, 5.74) is -6.89. The van der Waals surface area contributed by atoms with Crippen LogP contribution >= 0.6 is 0 Å². The van der Waals surface area contributed by atoms with Gasteiger partial charge in [-0.3, -0.25) is 14.9 Å². The van der Waals surface area contributed by atoms with Gasteiger partial charge in [0.15, 0.2) is 0 Å². The molecule has 0 heterocycles. The van der Waals surface area contributed by atoms with Crippen LogP contribution in [0.25, 0.3) is 0 Å². The third-order valence-electron chi connectivity index (χ3n) is 2.22. The van der Waals surface area contributed by atoms with E-state index >= 15 is 0 Å². The first-order chi connectivity index (χ1) is 10.8. The van der Waals surface area contributed by atoms with Gasteiger partial charge in [0.05, 0.1) is 22.4 Å². The minimum absolute atomic E-state index is 0.440. The summed E-state index contributed by atoms with van der Waals surface area (Å²) in [6.45, 7) is 0. The lowest BCUT2D eigenvalue weighted by molar-refractivity contribution is -0.147. The number of anilines is 1. The predicted molar refractivity (Wildman–Crippen MR) is 63.4 cm³/mol. The van der Waals surface area contributed by atoms with Crippen LogP contribution in [0.1, 0.15) is 16.7 Å². The first-order valence-corrected chi connectivity index (χ1v) is 6.74. The monoisotopic (exact) mass is 410 g/mol. The fourth-order valence-corrected chi connectivity index (χ4v) is 1.41. The Morgan fingerprint density at radius 2 is 1.08 bits per heavy atom. The molecule has 6 nitrogen and oxygen atoms in total. The molecule has 0 radical (unpaired) electrons. The number of halogens is 9. The van der Waals surface area contributed by atoms with Crippen LogP contribution in [-0.2, 0) is 28.9 Å². The van der Waals surface area contributed by atoms with E-state index in [0.717, 1.165) is 5.43 Å². The summed E-state index contributed by atoms with van der Waals surface area (Å²) < 4.78 is 144. The fourth-order valence-electron chi connectivity index (χ4n) is 1.41. The number of hydrogen-bond donors (Lipinski definition) is 4. The van der Waals surface area contributed by atoms with Crippen molar-refractivity contribution in [1.29, 1.82) is 0 Å². The summed E-state index contributed by atoms with van der Waals surface area (Å²) in [6, 6.07) is -0.880. The molecule has 25 heavy (non-hydrogen) atoms. The van der Waals surface area contributed by atoms with Crippen LogP contribution in [-0.4, -0.2) is 17.5 Å². The molecule has 1 rings (SSSR count). The fraction of sp³-hybridized carbons (Fsp3) is 0.333. The minimum atomic E-state index is -5.44. The van der Waals surface area contributed by atoms with Gasteiger partial charge in [0, 0.05) is 0 Å². The van der Waals surface area contributed by atoms with E-state index in [0.29, 0.717) is 0 Å². The van der Waals surface area contributed by atoms with E-state index in [9.17, 15) is 39.5 Å². The first-order valence-electron chi connectivity index (χ1n) is 5.34. The Bertz CT molecular complexity index is 666. The summed E-state index contributed by atoms with van der Waals surface area (Å²) in [7, 11) is -4.67. The van der Waals surface area contributed by atoms with Gasteiger partial charge in [-0.2, -0.15) is 47.9 Å². The van der Waals surface area contributed by atoms with Crippen LogP contribution < -0.4 is 11.3 Å². The van der Waals surface area contributed by atoms with Crippen molar-refractivity contribution in [3.05, 3.63) is 28.8 Å². The number of rotatable bonds is 1. The average Bonchev–Trinajstić information content (AvgIpc) is 2.31. The Labute approximate surface area is 133 Å². The lowest BCUT2D eigenvalue weighted by atomic mass is 10.0. The molecule has 0 spiro atoms. The van der Waals surface area contributed by atoms with Gasteiger partial charge in [-0.25, -0.2) is 0 Å². The van der Waals surface area contributed by atoms with E-state index in [-0.39, 0.29) is 0 Å². The SMILES string of the molecule is NNc1c(C(F)(F)F)cc(C(F)(F)F)cc1C(F)(F)F.O=S(=O)(O)O. The molecule has 0 aliphatic rings. The Kier molecular flexibility index (Phi) is 6.71. The second-order valence-corrected chi connectivity index (χ2v) is 4.93. The molecule has 0 saturated heterocycles. The van der Waals surface area contributed by atoms with Crippen molar-refractivity contribution in [3.8, 4) is 0 Å². The molecule has 0 bridgehead atoms. The van der Waals surface area contributed by atoms with E-state index in [1.54, 1.807) is 0 Å². The third kappa shape index (κ3) is 7.76. The van der Waals surface area contributed by atoms with Crippen LogP contribution in [0.5, 0.6) is 0 Å². The van der Waals surface area contributed by atoms with Crippen LogP contribution in [0.3, 0.4) is 0 Å². The highest BCUT2D eigenvalue weighted by atomic mass is 32.3.